The standard InChI is InChI=1S/C19H30N2O4/c1-23-15-19(8-11-20-12-9-19)18(22)21-10-3-13-25-14-16-4-6-17(24-2)7-5-16/h4-7,20H,3,8-15H2,1-2H3,(H,21,22). The summed E-state index contributed by atoms with van der Waals surface area (Å²) in [6.07, 6.45) is 2.44. The summed E-state index contributed by atoms with van der Waals surface area (Å²) in [6, 6.07) is 7.83. The van der Waals surface area contributed by atoms with Crippen LogP contribution in [-0.4, -0.2) is 53.0 Å². The normalized spacial score (nSPS) is 16.4. The van der Waals surface area contributed by atoms with Crippen LogP contribution in [0.3, 0.4) is 0 Å². The van der Waals surface area contributed by atoms with Crippen LogP contribution in [0.25, 0.3) is 0 Å². The van der Waals surface area contributed by atoms with Crippen LogP contribution < -0.4 is 15.4 Å². The van der Waals surface area contributed by atoms with E-state index in [1.165, 1.54) is 0 Å². The molecule has 6 nitrogen and oxygen atoms in total. The number of amides is 1. The van der Waals surface area contributed by atoms with Crippen LogP contribution in [0.2, 0.25) is 0 Å². The van der Waals surface area contributed by atoms with Gasteiger partial charge in [-0.25, -0.2) is 0 Å². The van der Waals surface area contributed by atoms with Gasteiger partial charge >= 0.3 is 0 Å². The van der Waals surface area contributed by atoms with Gasteiger partial charge in [0.05, 0.1) is 25.7 Å². The molecular formula is C19H30N2O4. The van der Waals surface area contributed by atoms with Crippen molar-refractivity contribution in [3.8, 4) is 5.75 Å². The fourth-order valence-electron chi connectivity index (χ4n) is 3.09. The van der Waals surface area contributed by atoms with Gasteiger partial charge in [-0.2, -0.15) is 0 Å². The molecule has 25 heavy (non-hydrogen) atoms. The molecule has 0 bridgehead atoms. The number of hydrogen-bond donors (Lipinski definition) is 2. The maximum Gasteiger partial charge on any atom is 0.228 e. The number of nitrogens with one attached hydrogen (secondary N) is 2. The molecule has 1 aliphatic heterocycles. The second-order valence-electron chi connectivity index (χ2n) is 6.47. The van der Waals surface area contributed by atoms with Gasteiger partial charge in [0.1, 0.15) is 5.75 Å². The summed E-state index contributed by atoms with van der Waals surface area (Å²) in [4.78, 5) is 12.6. The number of ether oxygens (including phenoxy) is 3. The summed E-state index contributed by atoms with van der Waals surface area (Å²) in [5.74, 6) is 0.945. The van der Waals surface area contributed by atoms with Gasteiger partial charge in [0.25, 0.3) is 0 Å². The summed E-state index contributed by atoms with van der Waals surface area (Å²) in [6.45, 7) is 4.01. The first-order valence-electron chi connectivity index (χ1n) is 8.89. The van der Waals surface area contributed by atoms with Gasteiger partial charge in [-0.1, -0.05) is 12.1 Å². The Balaban J connectivity index is 1.63. The third-order valence-corrected chi connectivity index (χ3v) is 4.64. The van der Waals surface area contributed by atoms with Crippen LogP contribution in [0.15, 0.2) is 24.3 Å². The lowest BCUT2D eigenvalue weighted by Gasteiger charge is -2.35. The Morgan fingerprint density at radius 3 is 2.56 bits per heavy atom. The van der Waals surface area contributed by atoms with E-state index in [2.05, 4.69) is 10.6 Å². The molecular weight excluding hydrogens is 320 g/mol. The van der Waals surface area contributed by atoms with E-state index in [1.54, 1.807) is 14.2 Å². The second kappa shape index (κ2) is 10.4. The van der Waals surface area contributed by atoms with Crippen molar-refractivity contribution in [2.75, 3.05) is 47.1 Å². The van der Waals surface area contributed by atoms with E-state index in [9.17, 15) is 4.79 Å². The van der Waals surface area contributed by atoms with E-state index in [0.717, 1.165) is 43.7 Å². The van der Waals surface area contributed by atoms with Crippen molar-refractivity contribution in [1.82, 2.24) is 10.6 Å². The summed E-state index contributed by atoms with van der Waals surface area (Å²) < 4.78 is 16.1. The van der Waals surface area contributed by atoms with E-state index in [4.69, 9.17) is 14.2 Å². The molecule has 1 aliphatic rings. The first kappa shape index (κ1) is 19.7. The highest BCUT2D eigenvalue weighted by molar-refractivity contribution is 5.82. The molecule has 0 unspecified atom stereocenters. The fraction of sp³-hybridized carbons (Fsp3) is 0.632. The Labute approximate surface area is 150 Å². The zero-order valence-electron chi connectivity index (χ0n) is 15.3. The van der Waals surface area contributed by atoms with Crippen LogP contribution in [0.4, 0.5) is 0 Å². The van der Waals surface area contributed by atoms with E-state index in [0.29, 0.717) is 26.4 Å². The molecule has 0 aromatic heterocycles. The Bertz CT molecular complexity index is 507. The molecule has 0 radical (unpaired) electrons. The molecule has 0 spiro atoms. The van der Waals surface area contributed by atoms with Gasteiger partial charge in [-0.05, 0) is 50.0 Å². The number of rotatable bonds is 10. The highest BCUT2D eigenvalue weighted by Crippen LogP contribution is 2.29. The fourth-order valence-corrected chi connectivity index (χ4v) is 3.09. The number of methoxy groups -OCH3 is 2. The molecule has 0 aliphatic carbocycles. The maximum absolute atomic E-state index is 12.6. The maximum atomic E-state index is 12.6. The number of carbonyl (C=O) groups is 1. The van der Waals surface area contributed by atoms with Crippen LogP contribution in [-0.2, 0) is 20.9 Å². The van der Waals surface area contributed by atoms with E-state index in [1.807, 2.05) is 24.3 Å². The quantitative estimate of drug-likeness (QED) is 0.629. The minimum Gasteiger partial charge on any atom is -0.497 e. The van der Waals surface area contributed by atoms with Crippen molar-refractivity contribution < 1.29 is 19.0 Å². The Hall–Kier alpha value is -1.63. The zero-order chi connectivity index (χ0) is 18.0. The average molecular weight is 350 g/mol. The van der Waals surface area contributed by atoms with Crippen molar-refractivity contribution in [3.63, 3.8) is 0 Å². The van der Waals surface area contributed by atoms with Gasteiger partial charge in [-0.3, -0.25) is 4.79 Å². The van der Waals surface area contributed by atoms with Crippen LogP contribution >= 0.6 is 0 Å². The lowest BCUT2D eigenvalue weighted by molar-refractivity contribution is -0.136. The SMILES string of the molecule is COCC1(C(=O)NCCCOCc2ccc(OC)cc2)CCNCC1. The second-order valence-corrected chi connectivity index (χ2v) is 6.47. The number of piperidine rings is 1. The number of benzene rings is 1. The highest BCUT2D eigenvalue weighted by Gasteiger charge is 2.39. The van der Waals surface area contributed by atoms with Crippen molar-refractivity contribution >= 4 is 5.91 Å². The molecule has 1 fully saturated rings. The van der Waals surface area contributed by atoms with Gasteiger partial charge in [-0.15, -0.1) is 0 Å². The predicted molar refractivity (Wildman–Crippen MR) is 96.7 cm³/mol. The first-order valence-corrected chi connectivity index (χ1v) is 8.89. The molecule has 1 amide bonds. The number of hydrogen-bond acceptors (Lipinski definition) is 5. The minimum atomic E-state index is -0.385. The highest BCUT2D eigenvalue weighted by atomic mass is 16.5. The summed E-state index contributed by atoms with van der Waals surface area (Å²) >= 11 is 0. The third kappa shape index (κ3) is 5.99. The molecule has 2 rings (SSSR count). The van der Waals surface area contributed by atoms with Crippen molar-refractivity contribution in [3.05, 3.63) is 29.8 Å². The van der Waals surface area contributed by atoms with E-state index in [-0.39, 0.29) is 11.3 Å². The molecule has 1 saturated heterocycles. The van der Waals surface area contributed by atoms with Crippen molar-refractivity contribution in [2.45, 2.75) is 25.9 Å². The monoisotopic (exact) mass is 350 g/mol. The van der Waals surface area contributed by atoms with Gasteiger partial charge in [0, 0.05) is 20.3 Å². The molecule has 1 aromatic rings. The largest absolute Gasteiger partial charge is 0.497 e. The molecule has 1 heterocycles. The Kier molecular flexibility index (Phi) is 8.18. The molecule has 1 aromatic carbocycles. The summed E-state index contributed by atoms with van der Waals surface area (Å²) in [5.41, 5.74) is 0.725. The molecule has 140 valence electrons. The molecule has 2 N–H and O–H groups in total. The zero-order valence-corrected chi connectivity index (χ0v) is 15.3. The molecule has 0 saturated carbocycles. The van der Waals surface area contributed by atoms with Crippen LogP contribution in [0, 0.1) is 5.41 Å². The van der Waals surface area contributed by atoms with Gasteiger partial charge in [0.2, 0.25) is 5.91 Å². The van der Waals surface area contributed by atoms with E-state index < -0.39 is 0 Å². The summed E-state index contributed by atoms with van der Waals surface area (Å²) in [5, 5.41) is 6.34. The predicted octanol–water partition coefficient (Wildman–Crippen LogP) is 1.73. The lowest BCUT2D eigenvalue weighted by Crippen LogP contribution is -2.50. The first-order chi connectivity index (χ1) is 12.2. The Morgan fingerprint density at radius 2 is 1.92 bits per heavy atom. The van der Waals surface area contributed by atoms with Crippen molar-refractivity contribution in [1.29, 1.82) is 0 Å². The minimum absolute atomic E-state index is 0.103. The average Bonchev–Trinajstić information content (AvgIpc) is 2.66. The molecule has 6 heteroatoms. The Morgan fingerprint density at radius 1 is 1.20 bits per heavy atom. The van der Waals surface area contributed by atoms with Crippen LogP contribution in [0.5, 0.6) is 5.75 Å². The molecule has 0 atom stereocenters. The number of carbonyl (C=O) groups excluding carboxylic acids is 1. The third-order valence-electron chi connectivity index (χ3n) is 4.64. The topological polar surface area (TPSA) is 68.8 Å². The smallest absolute Gasteiger partial charge is 0.228 e. The van der Waals surface area contributed by atoms with Gasteiger partial charge < -0.3 is 24.8 Å². The van der Waals surface area contributed by atoms with Crippen LogP contribution in [0.1, 0.15) is 24.8 Å². The van der Waals surface area contributed by atoms with E-state index >= 15 is 0 Å². The van der Waals surface area contributed by atoms with Gasteiger partial charge in [0.15, 0.2) is 0 Å². The van der Waals surface area contributed by atoms with Crippen molar-refractivity contribution in [2.24, 2.45) is 5.41 Å². The summed E-state index contributed by atoms with van der Waals surface area (Å²) in [7, 11) is 3.31. The lowest BCUT2D eigenvalue weighted by atomic mass is 9.78.